The van der Waals surface area contributed by atoms with E-state index < -0.39 is 10.5 Å². The van der Waals surface area contributed by atoms with Gasteiger partial charge >= 0.3 is 11.8 Å². The SMILES string of the molecule is C[C@]1(COc2ccc(-c3cc(COc4cccc(Cl)c4)on3)cc2)Cn2cc([N+](=O)[O-])nc2O1. The number of hydrogen-bond donors (Lipinski definition) is 0. The first-order chi connectivity index (χ1) is 16.4. The molecule has 0 aliphatic carbocycles. The number of nitro groups is 1. The van der Waals surface area contributed by atoms with Gasteiger partial charge in [0.2, 0.25) is 0 Å². The topological polar surface area (TPSA) is 115 Å². The summed E-state index contributed by atoms with van der Waals surface area (Å²) in [6.07, 6.45) is 1.36. The molecule has 0 saturated heterocycles. The molecule has 0 bridgehead atoms. The highest BCUT2D eigenvalue weighted by atomic mass is 35.5. The van der Waals surface area contributed by atoms with E-state index in [1.54, 1.807) is 16.7 Å². The molecular formula is C23H19ClN4O6. The van der Waals surface area contributed by atoms with Gasteiger partial charge in [0.25, 0.3) is 0 Å². The lowest BCUT2D eigenvalue weighted by Gasteiger charge is -2.22. The molecule has 2 aromatic carbocycles. The minimum Gasteiger partial charge on any atom is -0.489 e. The molecule has 1 aliphatic rings. The van der Waals surface area contributed by atoms with Gasteiger partial charge in [-0.25, -0.2) is 0 Å². The van der Waals surface area contributed by atoms with Crippen molar-refractivity contribution in [3.8, 4) is 28.8 Å². The van der Waals surface area contributed by atoms with Crippen LogP contribution in [0, 0.1) is 10.1 Å². The summed E-state index contributed by atoms with van der Waals surface area (Å²) in [6, 6.07) is 16.6. The van der Waals surface area contributed by atoms with Crippen molar-refractivity contribution in [1.29, 1.82) is 0 Å². The van der Waals surface area contributed by atoms with Crippen molar-refractivity contribution in [2.45, 2.75) is 25.7 Å². The zero-order valence-corrected chi connectivity index (χ0v) is 18.8. The average molecular weight is 483 g/mol. The third-order valence-corrected chi connectivity index (χ3v) is 5.42. The second-order valence-corrected chi connectivity index (χ2v) is 8.49. The summed E-state index contributed by atoms with van der Waals surface area (Å²) < 4.78 is 24.3. The van der Waals surface area contributed by atoms with Crippen LogP contribution in [-0.2, 0) is 13.2 Å². The van der Waals surface area contributed by atoms with Crippen LogP contribution in [0.2, 0.25) is 5.02 Å². The molecule has 2 aromatic heterocycles. The Morgan fingerprint density at radius 1 is 1.18 bits per heavy atom. The molecule has 0 amide bonds. The Bertz CT molecular complexity index is 1310. The number of imidazole rings is 1. The number of hydrogen-bond acceptors (Lipinski definition) is 8. The lowest BCUT2D eigenvalue weighted by molar-refractivity contribution is -0.389. The Labute approximate surface area is 198 Å². The molecular weight excluding hydrogens is 464 g/mol. The number of aromatic nitrogens is 3. The molecule has 4 aromatic rings. The Balaban J connectivity index is 1.16. The maximum Gasteiger partial charge on any atom is 0.415 e. The molecule has 10 nitrogen and oxygen atoms in total. The van der Waals surface area contributed by atoms with E-state index in [1.807, 2.05) is 49.4 Å². The van der Waals surface area contributed by atoms with E-state index in [0.29, 0.717) is 34.5 Å². The summed E-state index contributed by atoms with van der Waals surface area (Å²) >= 11 is 5.96. The molecule has 3 heterocycles. The Morgan fingerprint density at radius 2 is 2.00 bits per heavy atom. The van der Waals surface area contributed by atoms with Crippen LogP contribution in [0.25, 0.3) is 11.3 Å². The van der Waals surface area contributed by atoms with Gasteiger partial charge in [-0.05, 0) is 54.3 Å². The summed E-state index contributed by atoms with van der Waals surface area (Å²) in [5, 5.41) is 15.5. The van der Waals surface area contributed by atoms with Crippen molar-refractivity contribution in [2.24, 2.45) is 0 Å². The third kappa shape index (κ3) is 4.67. The van der Waals surface area contributed by atoms with Crippen LogP contribution in [0.1, 0.15) is 12.7 Å². The van der Waals surface area contributed by atoms with Crippen molar-refractivity contribution in [3.05, 3.63) is 81.7 Å². The predicted octanol–water partition coefficient (Wildman–Crippen LogP) is 4.91. The van der Waals surface area contributed by atoms with Gasteiger partial charge in [-0.1, -0.05) is 22.8 Å². The number of benzene rings is 2. The van der Waals surface area contributed by atoms with Crippen molar-refractivity contribution in [1.82, 2.24) is 14.7 Å². The van der Waals surface area contributed by atoms with Crippen molar-refractivity contribution >= 4 is 17.4 Å². The van der Waals surface area contributed by atoms with Gasteiger partial charge in [-0.3, -0.25) is 4.57 Å². The second-order valence-electron chi connectivity index (χ2n) is 8.06. The number of rotatable bonds is 8. The molecule has 11 heteroatoms. The number of halogens is 1. The van der Waals surface area contributed by atoms with E-state index >= 15 is 0 Å². The molecule has 0 saturated carbocycles. The highest BCUT2D eigenvalue weighted by Crippen LogP contribution is 2.32. The normalized spacial score (nSPS) is 16.6. The number of nitrogens with zero attached hydrogens (tertiary/aromatic N) is 4. The van der Waals surface area contributed by atoms with E-state index in [-0.39, 0.29) is 25.0 Å². The predicted molar refractivity (Wildman–Crippen MR) is 121 cm³/mol. The first-order valence-corrected chi connectivity index (χ1v) is 10.7. The smallest absolute Gasteiger partial charge is 0.415 e. The fourth-order valence-electron chi connectivity index (χ4n) is 3.54. The molecule has 0 unspecified atom stereocenters. The highest BCUT2D eigenvalue weighted by Gasteiger charge is 2.41. The average Bonchev–Trinajstić information content (AvgIpc) is 3.51. The zero-order chi connectivity index (χ0) is 23.7. The van der Waals surface area contributed by atoms with Crippen molar-refractivity contribution in [2.75, 3.05) is 6.61 Å². The number of fused-ring (bicyclic) bond motifs is 1. The van der Waals surface area contributed by atoms with E-state index in [2.05, 4.69) is 10.1 Å². The summed E-state index contributed by atoms with van der Waals surface area (Å²) in [5.41, 5.74) is 0.857. The fourth-order valence-corrected chi connectivity index (χ4v) is 3.72. The fraction of sp³-hybridized carbons (Fsp3) is 0.217. The Kier molecular flexibility index (Phi) is 5.58. The van der Waals surface area contributed by atoms with Gasteiger partial charge < -0.3 is 28.8 Å². The largest absolute Gasteiger partial charge is 0.489 e. The minimum atomic E-state index is -0.680. The molecule has 174 valence electrons. The minimum absolute atomic E-state index is 0.217. The Hall–Kier alpha value is -4.05. The van der Waals surface area contributed by atoms with Gasteiger partial charge in [-0.15, -0.1) is 0 Å². The van der Waals surface area contributed by atoms with Crippen LogP contribution in [0.5, 0.6) is 17.5 Å². The molecule has 34 heavy (non-hydrogen) atoms. The summed E-state index contributed by atoms with van der Waals surface area (Å²) in [4.78, 5) is 14.2. The second kappa shape index (κ2) is 8.71. The summed E-state index contributed by atoms with van der Waals surface area (Å²) in [6.45, 7) is 2.75. The first kappa shape index (κ1) is 21.8. The quantitative estimate of drug-likeness (QED) is 0.257. The van der Waals surface area contributed by atoms with Gasteiger partial charge in [0.1, 0.15) is 36.6 Å². The summed E-state index contributed by atoms with van der Waals surface area (Å²) in [5.74, 6) is 1.64. The van der Waals surface area contributed by atoms with Crippen LogP contribution in [0.3, 0.4) is 0 Å². The molecule has 5 rings (SSSR count). The third-order valence-electron chi connectivity index (χ3n) is 5.19. The van der Waals surface area contributed by atoms with Crippen LogP contribution in [0.15, 0.2) is 65.3 Å². The van der Waals surface area contributed by atoms with E-state index in [1.165, 1.54) is 6.20 Å². The maximum atomic E-state index is 10.8. The molecule has 1 atom stereocenters. The highest BCUT2D eigenvalue weighted by molar-refractivity contribution is 6.30. The van der Waals surface area contributed by atoms with Gasteiger partial charge in [-0.2, -0.15) is 0 Å². The molecule has 1 aliphatic heterocycles. The van der Waals surface area contributed by atoms with E-state index in [9.17, 15) is 10.1 Å². The van der Waals surface area contributed by atoms with Crippen LogP contribution in [-0.4, -0.2) is 31.8 Å². The molecule has 0 radical (unpaired) electrons. The van der Waals surface area contributed by atoms with Crippen molar-refractivity contribution in [3.63, 3.8) is 0 Å². The standard InChI is InChI=1S/C23H19ClN4O6/c1-23(13-27-11-21(28(29)30)25-22(27)33-23)14-32-17-7-5-15(6-8-17)20-10-19(34-26-20)12-31-18-4-2-3-16(24)9-18/h2-11H,12-14H2,1H3/t23-/m1/s1. The zero-order valence-electron chi connectivity index (χ0n) is 18.0. The van der Waals surface area contributed by atoms with Crippen molar-refractivity contribution < 1.29 is 23.7 Å². The first-order valence-electron chi connectivity index (χ1n) is 10.3. The number of ether oxygens (including phenoxy) is 3. The molecule has 0 spiro atoms. The lowest BCUT2D eigenvalue weighted by atomic mass is 10.1. The molecule has 0 N–H and O–H groups in total. The van der Waals surface area contributed by atoms with Gasteiger partial charge in [0.15, 0.2) is 11.4 Å². The van der Waals surface area contributed by atoms with Crippen LogP contribution >= 0.6 is 11.6 Å². The van der Waals surface area contributed by atoms with Gasteiger partial charge in [0, 0.05) is 21.6 Å². The lowest BCUT2D eigenvalue weighted by Crippen LogP contribution is -2.38. The maximum absolute atomic E-state index is 10.8. The van der Waals surface area contributed by atoms with Crippen LogP contribution < -0.4 is 14.2 Å². The summed E-state index contributed by atoms with van der Waals surface area (Å²) in [7, 11) is 0. The Morgan fingerprint density at radius 3 is 2.74 bits per heavy atom. The van der Waals surface area contributed by atoms with E-state index in [0.717, 1.165) is 5.56 Å². The van der Waals surface area contributed by atoms with Gasteiger partial charge in [0.05, 0.1) is 6.54 Å². The van der Waals surface area contributed by atoms with E-state index in [4.69, 9.17) is 30.3 Å². The monoisotopic (exact) mass is 482 g/mol. The van der Waals surface area contributed by atoms with Crippen LogP contribution in [0.4, 0.5) is 5.82 Å². The molecule has 0 fully saturated rings.